The maximum absolute atomic E-state index is 13.5. The van der Waals surface area contributed by atoms with Crippen molar-refractivity contribution < 1.29 is 27.4 Å². The second kappa shape index (κ2) is 11.5. The number of nitrogens with one attached hydrogen (secondary N) is 1. The van der Waals surface area contributed by atoms with Gasteiger partial charge in [-0.1, -0.05) is 11.6 Å². The zero-order valence-corrected chi connectivity index (χ0v) is 22.2. The molecule has 3 aromatic rings. The van der Waals surface area contributed by atoms with Crippen molar-refractivity contribution in [2.45, 2.75) is 37.0 Å². The van der Waals surface area contributed by atoms with E-state index in [4.69, 9.17) is 30.5 Å². The summed E-state index contributed by atoms with van der Waals surface area (Å²) in [6.45, 7) is 2.49. The topological polar surface area (TPSA) is 165 Å². The van der Waals surface area contributed by atoms with Crippen LogP contribution in [0.4, 0.5) is 5.95 Å². The molecule has 4 heterocycles. The van der Waals surface area contributed by atoms with Gasteiger partial charge in [0.05, 0.1) is 25.8 Å². The molecule has 0 amide bonds. The summed E-state index contributed by atoms with van der Waals surface area (Å²) in [6.07, 6.45) is 4.58. The van der Waals surface area contributed by atoms with Crippen molar-refractivity contribution in [1.29, 1.82) is 0 Å². The Morgan fingerprint density at radius 1 is 1.11 bits per heavy atom. The molecular weight excluding hydrogens is 528 g/mol. The fourth-order valence-corrected chi connectivity index (χ4v) is 5.22. The SMILES string of the molecule is COc1ncnc(OC)c1-n1c(NS(=O)(=O)C(C)C(OC)c2ncc(Cl)cn2)nnc1[C@@H]1CCCOC1. The molecule has 3 atom stereocenters. The summed E-state index contributed by atoms with van der Waals surface area (Å²) in [4.78, 5) is 16.5. The van der Waals surface area contributed by atoms with Gasteiger partial charge in [-0.3, -0.25) is 9.29 Å². The van der Waals surface area contributed by atoms with Gasteiger partial charge < -0.3 is 18.9 Å². The van der Waals surface area contributed by atoms with Gasteiger partial charge in [0.15, 0.2) is 11.5 Å². The van der Waals surface area contributed by atoms with Crippen LogP contribution in [0.15, 0.2) is 18.7 Å². The van der Waals surface area contributed by atoms with Crippen molar-refractivity contribution in [2.24, 2.45) is 0 Å². The summed E-state index contributed by atoms with van der Waals surface area (Å²) in [5, 5.41) is 7.65. The molecule has 0 aromatic carbocycles. The van der Waals surface area contributed by atoms with Crippen LogP contribution in [-0.4, -0.2) is 82.9 Å². The number of ether oxygens (including phenoxy) is 4. The molecule has 2 unspecified atom stereocenters. The Bertz CT molecular complexity index is 1290. The molecule has 0 aliphatic carbocycles. The minimum Gasteiger partial charge on any atom is -0.479 e. The number of hydrogen-bond acceptors (Lipinski definition) is 12. The summed E-state index contributed by atoms with van der Waals surface area (Å²) in [5.74, 6) is 0.614. The molecule has 1 aliphatic rings. The van der Waals surface area contributed by atoms with Crippen molar-refractivity contribution in [3.63, 3.8) is 0 Å². The zero-order valence-electron chi connectivity index (χ0n) is 20.7. The Kier molecular flexibility index (Phi) is 8.36. The molecule has 4 rings (SSSR count). The van der Waals surface area contributed by atoms with Crippen molar-refractivity contribution in [1.82, 2.24) is 34.7 Å². The van der Waals surface area contributed by atoms with Gasteiger partial charge >= 0.3 is 0 Å². The summed E-state index contributed by atoms with van der Waals surface area (Å²) in [5.41, 5.74) is 0.243. The van der Waals surface area contributed by atoms with Crippen LogP contribution in [0.5, 0.6) is 11.8 Å². The first-order valence-corrected chi connectivity index (χ1v) is 13.2. The molecule has 37 heavy (non-hydrogen) atoms. The summed E-state index contributed by atoms with van der Waals surface area (Å²) in [6, 6.07) is 0. The van der Waals surface area contributed by atoms with E-state index in [1.54, 1.807) is 0 Å². The molecule has 0 bridgehead atoms. The molecule has 0 radical (unpaired) electrons. The largest absolute Gasteiger partial charge is 0.479 e. The standard InChI is InChI=1S/C21H27ClN8O6S/c1-12(16(33-2)17-23-8-14(22)9-24-17)37(31,32)29-21-28-27-18(13-6-5-7-36-10-13)30(21)15-19(34-3)25-11-26-20(15)35-4/h8-9,11-13,16H,5-7,10H2,1-4H3,(H,28,29)/t12?,13-,16?/m1/s1. The number of halogens is 1. The summed E-state index contributed by atoms with van der Waals surface area (Å²) < 4.78 is 53.1. The average molecular weight is 555 g/mol. The lowest BCUT2D eigenvalue weighted by Crippen LogP contribution is -2.33. The second-order valence-corrected chi connectivity index (χ2v) is 10.6. The second-order valence-electron chi connectivity index (χ2n) is 8.14. The normalized spacial score (nSPS) is 17.7. The fourth-order valence-electron chi connectivity index (χ4n) is 3.99. The van der Waals surface area contributed by atoms with E-state index in [9.17, 15) is 8.42 Å². The van der Waals surface area contributed by atoms with E-state index in [2.05, 4.69) is 34.9 Å². The fraction of sp³-hybridized carbons (Fsp3) is 0.524. The Hall–Kier alpha value is -3.14. The number of anilines is 1. The van der Waals surface area contributed by atoms with Gasteiger partial charge in [-0.05, 0) is 19.8 Å². The predicted molar refractivity (Wildman–Crippen MR) is 132 cm³/mol. The summed E-state index contributed by atoms with van der Waals surface area (Å²) in [7, 11) is 0.0970. The number of nitrogens with zero attached hydrogens (tertiary/aromatic N) is 7. The van der Waals surface area contributed by atoms with E-state index < -0.39 is 21.4 Å². The third-order valence-corrected chi connectivity index (χ3v) is 7.77. The van der Waals surface area contributed by atoms with Crippen LogP contribution in [0.3, 0.4) is 0 Å². The Morgan fingerprint density at radius 2 is 1.78 bits per heavy atom. The smallest absolute Gasteiger partial charge is 0.245 e. The first-order valence-electron chi connectivity index (χ1n) is 11.3. The Morgan fingerprint density at radius 3 is 2.35 bits per heavy atom. The van der Waals surface area contributed by atoms with Crippen LogP contribution in [-0.2, 0) is 19.5 Å². The monoisotopic (exact) mass is 554 g/mol. The van der Waals surface area contributed by atoms with Crippen LogP contribution in [0.2, 0.25) is 5.02 Å². The molecule has 16 heteroatoms. The lowest BCUT2D eigenvalue weighted by molar-refractivity contribution is 0.0775. The molecule has 14 nitrogen and oxygen atoms in total. The minimum atomic E-state index is -4.13. The van der Waals surface area contributed by atoms with Gasteiger partial charge in [-0.15, -0.1) is 10.2 Å². The molecule has 1 aliphatic heterocycles. The predicted octanol–water partition coefficient (Wildman–Crippen LogP) is 1.93. The van der Waals surface area contributed by atoms with Crippen molar-refractivity contribution >= 4 is 27.6 Å². The first-order chi connectivity index (χ1) is 17.8. The zero-order chi connectivity index (χ0) is 26.6. The molecule has 1 N–H and O–H groups in total. The molecule has 3 aromatic heterocycles. The van der Waals surface area contributed by atoms with E-state index in [-0.39, 0.29) is 35.1 Å². The molecule has 200 valence electrons. The van der Waals surface area contributed by atoms with E-state index in [1.165, 1.54) is 51.5 Å². The van der Waals surface area contributed by atoms with Gasteiger partial charge in [0.1, 0.15) is 23.5 Å². The molecule has 0 saturated carbocycles. The molecular formula is C21H27ClN8O6S. The third-order valence-electron chi connectivity index (χ3n) is 5.88. The van der Waals surface area contributed by atoms with Gasteiger partial charge in [0.2, 0.25) is 27.7 Å². The number of hydrogen-bond donors (Lipinski definition) is 1. The highest BCUT2D eigenvalue weighted by molar-refractivity contribution is 7.93. The van der Waals surface area contributed by atoms with Crippen LogP contribution in [0, 0.1) is 0 Å². The average Bonchev–Trinajstić information content (AvgIpc) is 3.32. The van der Waals surface area contributed by atoms with Crippen LogP contribution in [0.25, 0.3) is 5.69 Å². The molecule has 1 saturated heterocycles. The van der Waals surface area contributed by atoms with Crippen LogP contribution >= 0.6 is 11.6 Å². The highest BCUT2D eigenvalue weighted by Crippen LogP contribution is 2.36. The lowest BCUT2D eigenvalue weighted by Gasteiger charge is -2.24. The maximum Gasteiger partial charge on any atom is 0.245 e. The van der Waals surface area contributed by atoms with Gasteiger partial charge in [0.25, 0.3) is 0 Å². The molecule has 0 spiro atoms. The quantitative estimate of drug-likeness (QED) is 0.387. The minimum absolute atomic E-state index is 0.106. The van der Waals surface area contributed by atoms with Crippen LogP contribution in [0.1, 0.15) is 43.4 Å². The highest BCUT2D eigenvalue weighted by Gasteiger charge is 2.36. The van der Waals surface area contributed by atoms with E-state index in [0.29, 0.717) is 24.1 Å². The first kappa shape index (κ1) is 26.9. The van der Waals surface area contributed by atoms with E-state index in [1.807, 2.05) is 0 Å². The number of rotatable bonds is 10. The maximum atomic E-state index is 13.5. The Balaban J connectivity index is 1.78. The van der Waals surface area contributed by atoms with Crippen molar-refractivity contribution in [2.75, 3.05) is 39.3 Å². The van der Waals surface area contributed by atoms with Gasteiger partial charge in [0, 0.05) is 32.0 Å². The highest BCUT2D eigenvalue weighted by atomic mass is 35.5. The molecule has 1 fully saturated rings. The number of aromatic nitrogens is 7. The number of sulfonamides is 1. The van der Waals surface area contributed by atoms with E-state index in [0.717, 1.165) is 12.8 Å². The van der Waals surface area contributed by atoms with Crippen molar-refractivity contribution in [3.8, 4) is 17.4 Å². The number of methoxy groups -OCH3 is 3. The van der Waals surface area contributed by atoms with Crippen molar-refractivity contribution in [3.05, 3.63) is 35.4 Å². The third kappa shape index (κ3) is 5.58. The Labute approximate surface area is 218 Å². The van der Waals surface area contributed by atoms with Crippen LogP contribution < -0.4 is 14.2 Å². The van der Waals surface area contributed by atoms with E-state index >= 15 is 0 Å². The van der Waals surface area contributed by atoms with Gasteiger partial charge in [-0.2, -0.15) is 9.97 Å². The summed E-state index contributed by atoms with van der Waals surface area (Å²) >= 11 is 5.87. The van der Waals surface area contributed by atoms with Gasteiger partial charge in [-0.25, -0.2) is 18.4 Å². The lowest BCUT2D eigenvalue weighted by atomic mass is 10.0.